The Morgan fingerprint density at radius 1 is 1.21 bits per heavy atom. The van der Waals surface area contributed by atoms with E-state index < -0.39 is 0 Å². The largest absolute Gasteiger partial charge is 0.367 e. The van der Waals surface area contributed by atoms with E-state index in [-0.39, 0.29) is 0 Å². The van der Waals surface area contributed by atoms with Crippen LogP contribution in [0.25, 0.3) is 0 Å². The number of anilines is 1. The van der Waals surface area contributed by atoms with Crippen molar-refractivity contribution in [2.24, 2.45) is 0 Å². The van der Waals surface area contributed by atoms with Gasteiger partial charge in [0.25, 0.3) is 0 Å². The van der Waals surface area contributed by atoms with Crippen LogP contribution in [0, 0.1) is 0 Å². The molecule has 0 atom stereocenters. The molecule has 2 nitrogen and oxygen atoms in total. The van der Waals surface area contributed by atoms with Gasteiger partial charge in [-0.15, -0.1) is 0 Å². The lowest BCUT2D eigenvalue weighted by atomic mass is 10.2. The fourth-order valence-electron chi connectivity index (χ4n) is 1.73. The number of nitrogens with one attached hydrogen (secondary N) is 1. The summed E-state index contributed by atoms with van der Waals surface area (Å²) >= 11 is 0. The molecule has 1 heterocycles. The van der Waals surface area contributed by atoms with Gasteiger partial charge in [0.1, 0.15) is 5.82 Å². The first-order chi connectivity index (χ1) is 6.95. The Kier molecular flexibility index (Phi) is 5.05. The highest BCUT2D eigenvalue weighted by Gasteiger charge is 2.14. The monoisotopic (exact) mass is 192 g/mol. The summed E-state index contributed by atoms with van der Waals surface area (Å²) in [6, 6.07) is 6.66. The van der Waals surface area contributed by atoms with E-state index in [2.05, 4.69) is 10.3 Å². The van der Waals surface area contributed by atoms with Gasteiger partial charge in [-0.05, 0) is 25.0 Å². The molecule has 0 unspecified atom stereocenters. The first kappa shape index (κ1) is 11.0. The molecule has 0 aliphatic heterocycles. The van der Waals surface area contributed by atoms with Crippen LogP contribution in [-0.2, 0) is 0 Å². The molecule has 1 aliphatic rings. The fraction of sp³-hybridized carbons (Fsp3) is 0.583. The Labute approximate surface area is 86.8 Å². The van der Waals surface area contributed by atoms with Crippen LogP contribution in [0.4, 0.5) is 5.82 Å². The number of aromatic nitrogens is 1. The zero-order valence-corrected chi connectivity index (χ0v) is 9.16. The lowest BCUT2D eigenvalue weighted by Crippen LogP contribution is -2.14. The van der Waals surface area contributed by atoms with Gasteiger partial charge in [-0.2, -0.15) is 0 Å². The van der Waals surface area contributed by atoms with Gasteiger partial charge >= 0.3 is 0 Å². The summed E-state index contributed by atoms with van der Waals surface area (Å²) in [6.07, 6.45) is 7.17. The molecule has 0 amide bonds. The number of hydrogen-bond acceptors (Lipinski definition) is 2. The molecule has 0 aromatic carbocycles. The van der Waals surface area contributed by atoms with Crippen LogP contribution in [0.15, 0.2) is 24.4 Å². The standard InChI is InChI=1S/C10H14N2.C2H6/c1-2-6-9(5-1)12-10-7-3-4-8-11-10;1-2/h3-4,7-9H,1-2,5-6H2,(H,11,12);1-2H3. The first-order valence-electron chi connectivity index (χ1n) is 5.63. The van der Waals surface area contributed by atoms with Crippen molar-refractivity contribution in [1.29, 1.82) is 0 Å². The topological polar surface area (TPSA) is 24.9 Å². The Bertz CT molecular complexity index is 227. The number of pyridine rings is 1. The van der Waals surface area contributed by atoms with Gasteiger partial charge in [0.15, 0.2) is 0 Å². The zero-order chi connectivity index (χ0) is 10.2. The lowest BCUT2D eigenvalue weighted by Gasteiger charge is -2.11. The summed E-state index contributed by atoms with van der Waals surface area (Å²) in [4.78, 5) is 4.23. The van der Waals surface area contributed by atoms with E-state index in [1.165, 1.54) is 25.7 Å². The molecule has 2 heteroatoms. The minimum atomic E-state index is 0.667. The maximum absolute atomic E-state index is 4.23. The van der Waals surface area contributed by atoms with E-state index in [9.17, 15) is 0 Å². The molecule has 0 saturated heterocycles. The van der Waals surface area contributed by atoms with Crippen molar-refractivity contribution in [2.45, 2.75) is 45.6 Å². The third-order valence-electron chi connectivity index (χ3n) is 2.37. The van der Waals surface area contributed by atoms with Gasteiger partial charge in [0, 0.05) is 12.2 Å². The molecule has 1 saturated carbocycles. The third kappa shape index (κ3) is 3.36. The van der Waals surface area contributed by atoms with Crippen LogP contribution >= 0.6 is 0 Å². The Balaban J connectivity index is 0.000000461. The smallest absolute Gasteiger partial charge is 0.126 e. The second-order valence-electron chi connectivity index (χ2n) is 3.34. The quantitative estimate of drug-likeness (QED) is 0.776. The molecule has 0 spiro atoms. The Hall–Kier alpha value is -1.05. The first-order valence-corrected chi connectivity index (χ1v) is 5.63. The van der Waals surface area contributed by atoms with Crippen LogP contribution in [-0.4, -0.2) is 11.0 Å². The highest BCUT2D eigenvalue weighted by molar-refractivity contribution is 5.34. The van der Waals surface area contributed by atoms with Crippen LogP contribution in [0.1, 0.15) is 39.5 Å². The highest BCUT2D eigenvalue weighted by Crippen LogP contribution is 2.20. The predicted octanol–water partition coefficient (Wildman–Crippen LogP) is 3.46. The van der Waals surface area contributed by atoms with E-state index in [1.54, 1.807) is 0 Å². The van der Waals surface area contributed by atoms with Crippen LogP contribution < -0.4 is 5.32 Å². The summed E-state index contributed by atoms with van der Waals surface area (Å²) in [5.74, 6) is 1.02. The lowest BCUT2D eigenvalue weighted by molar-refractivity contribution is 0.750. The zero-order valence-electron chi connectivity index (χ0n) is 9.16. The second-order valence-corrected chi connectivity index (χ2v) is 3.34. The fourth-order valence-corrected chi connectivity index (χ4v) is 1.73. The van der Waals surface area contributed by atoms with Crippen molar-refractivity contribution < 1.29 is 0 Å². The molecule has 1 aromatic rings. The van der Waals surface area contributed by atoms with E-state index >= 15 is 0 Å². The number of rotatable bonds is 2. The van der Waals surface area contributed by atoms with E-state index in [0.717, 1.165) is 5.82 Å². The maximum atomic E-state index is 4.23. The molecular weight excluding hydrogens is 172 g/mol. The minimum absolute atomic E-state index is 0.667. The normalized spacial score (nSPS) is 15.9. The van der Waals surface area contributed by atoms with Crippen LogP contribution in [0.3, 0.4) is 0 Å². The SMILES string of the molecule is CC.c1ccc(NC2CCCC2)nc1. The maximum Gasteiger partial charge on any atom is 0.126 e. The van der Waals surface area contributed by atoms with Crippen LogP contribution in [0.5, 0.6) is 0 Å². The van der Waals surface area contributed by atoms with Gasteiger partial charge in [0.05, 0.1) is 0 Å². The van der Waals surface area contributed by atoms with Gasteiger partial charge in [-0.1, -0.05) is 32.8 Å². The second kappa shape index (κ2) is 6.41. The van der Waals surface area contributed by atoms with E-state index in [0.29, 0.717) is 6.04 Å². The molecule has 14 heavy (non-hydrogen) atoms. The summed E-state index contributed by atoms with van der Waals surface area (Å²) < 4.78 is 0. The van der Waals surface area contributed by atoms with Crippen molar-refractivity contribution in [3.8, 4) is 0 Å². The molecule has 1 N–H and O–H groups in total. The van der Waals surface area contributed by atoms with Crippen LogP contribution in [0.2, 0.25) is 0 Å². The Morgan fingerprint density at radius 3 is 2.50 bits per heavy atom. The van der Waals surface area contributed by atoms with Gasteiger partial charge in [-0.3, -0.25) is 0 Å². The highest BCUT2D eigenvalue weighted by atomic mass is 15.0. The summed E-state index contributed by atoms with van der Waals surface area (Å²) in [5.41, 5.74) is 0. The third-order valence-corrected chi connectivity index (χ3v) is 2.37. The summed E-state index contributed by atoms with van der Waals surface area (Å²) in [7, 11) is 0. The molecule has 2 rings (SSSR count). The molecular formula is C12H20N2. The minimum Gasteiger partial charge on any atom is -0.367 e. The molecule has 0 bridgehead atoms. The van der Waals surface area contributed by atoms with Gasteiger partial charge in [0.2, 0.25) is 0 Å². The van der Waals surface area contributed by atoms with E-state index in [1.807, 2.05) is 38.2 Å². The van der Waals surface area contributed by atoms with Gasteiger partial charge in [-0.25, -0.2) is 4.98 Å². The summed E-state index contributed by atoms with van der Waals surface area (Å²) in [6.45, 7) is 4.00. The van der Waals surface area contributed by atoms with Crippen molar-refractivity contribution in [1.82, 2.24) is 4.98 Å². The van der Waals surface area contributed by atoms with Crippen molar-refractivity contribution in [3.63, 3.8) is 0 Å². The number of nitrogens with zero attached hydrogens (tertiary/aromatic N) is 1. The predicted molar refractivity (Wildman–Crippen MR) is 61.5 cm³/mol. The molecule has 1 aliphatic carbocycles. The molecule has 78 valence electrons. The average molecular weight is 192 g/mol. The Morgan fingerprint density at radius 2 is 1.93 bits per heavy atom. The molecule has 1 fully saturated rings. The summed E-state index contributed by atoms with van der Waals surface area (Å²) in [5, 5.41) is 3.43. The van der Waals surface area contributed by atoms with Crippen molar-refractivity contribution in [3.05, 3.63) is 24.4 Å². The van der Waals surface area contributed by atoms with Crippen molar-refractivity contribution >= 4 is 5.82 Å². The number of hydrogen-bond donors (Lipinski definition) is 1. The molecule has 0 radical (unpaired) electrons. The molecule has 1 aromatic heterocycles. The van der Waals surface area contributed by atoms with Gasteiger partial charge < -0.3 is 5.32 Å². The van der Waals surface area contributed by atoms with Crippen molar-refractivity contribution in [2.75, 3.05) is 5.32 Å². The van der Waals surface area contributed by atoms with E-state index in [4.69, 9.17) is 0 Å². The average Bonchev–Trinajstić information content (AvgIpc) is 2.75.